The number of rotatable bonds is 5. The van der Waals surface area contributed by atoms with Crippen LogP contribution in [-0.4, -0.2) is 4.98 Å². The molecule has 27 heavy (non-hydrogen) atoms. The summed E-state index contributed by atoms with van der Waals surface area (Å²) in [7, 11) is 0. The van der Waals surface area contributed by atoms with Crippen LogP contribution in [-0.2, 0) is 21.1 Å². The van der Waals surface area contributed by atoms with Gasteiger partial charge < -0.3 is 14.5 Å². The van der Waals surface area contributed by atoms with E-state index in [9.17, 15) is 0 Å². The number of benzene rings is 2. The summed E-state index contributed by atoms with van der Waals surface area (Å²) in [4.78, 5) is 8.51. The molecule has 0 radical (unpaired) electrons. The van der Waals surface area contributed by atoms with E-state index in [1.165, 1.54) is 0 Å². The molecule has 2 aromatic carbocycles. The van der Waals surface area contributed by atoms with Crippen molar-refractivity contribution >= 4 is 0 Å². The molecule has 0 atom stereocenters. The number of hydrogen-bond donors (Lipinski definition) is 0. The average molecular weight is 534 g/mol. The molecule has 4 rings (SSSR count). The zero-order valence-electron chi connectivity index (χ0n) is 14.5. The third kappa shape index (κ3) is 4.87. The maximum Gasteiger partial charge on any atom is 0.216 e. The maximum atomic E-state index is 5.89. The Balaban J connectivity index is 0.00000210. The van der Waals surface area contributed by atoms with E-state index in [2.05, 4.69) is 22.1 Å². The van der Waals surface area contributed by atoms with Crippen LogP contribution in [0.25, 0.3) is 11.3 Å². The summed E-state index contributed by atoms with van der Waals surface area (Å²) in [6.07, 6.45) is 3.51. The molecule has 0 unspecified atom stereocenters. The van der Waals surface area contributed by atoms with Gasteiger partial charge >= 0.3 is 0 Å². The van der Waals surface area contributed by atoms with Crippen LogP contribution in [0.4, 0.5) is 0 Å². The number of hydrogen-bond acceptors (Lipinski definition) is 3. The minimum atomic E-state index is 0. The first-order chi connectivity index (χ1) is 12.8. The van der Waals surface area contributed by atoms with Crippen molar-refractivity contribution in [3.05, 3.63) is 90.8 Å². The van der Waals surface area contributed by atoms with Crippen LogP contribution in [0, 0.1) is 19.1 Å². The molecule has 0 saturated carbocycles. The van der Waals surface area contributed by atoms with Crippen molar-refractivity contribution in [3.8, 4) is 34.4 Å². The SMILES string of the molecule is Cc1c[n-]c(-c2[c-]c(Oc3[c-]c(Oc4ccccn4)ccc3)ccc2)c1.[Pt]. The Labute approximate surface area is 172 Å². The van der Waals surface area contributed by atoms with Crippen molar-refractivity contribution in [2.45, 2.75) is 6.92 Å². The number of ether oxygens (including phenoxy) is 2. The monoisotopic (exact) mass is 534 g/mol. The van der Waals surface area contributed by atoms with Crippen LogP contribution in [0.5, 0.6) is 23.1 Å². The van der Waals surface area contributed by atoms with Gasteiger partial charge in [0.2, 0.25) is 5.88 Å². The Morgan fingerprint density at radius 2 is 1.59 bits per heavy atom. The van der Waals surface area contributed by atoms with Gasteiger partial charge in [0.1, 0.15) is 0 Å². The van der Waals surface area contributed by atoms with E-state index in [0.29, 0.717) is 23.1 Å². The van der Waals surface area contributed by atoms with E-state index < -0.39 is 0 Å². The van der Waals surface area contributed by atoms with Gasteiger partial charge in [-0.15, -0.1) is 36.4 Å². The summed E-state index contributed by atoms with van der Waals surface area (Å²) in [6, 6.07) is 25.0. The van der Waals surface area contributed by atoms with E-state index in [4.69, 9.17) is 9.47 Å². The van der Waals surface area contributed by atoms with E-state index >= 15 is 0 Å². The predicted octanol–water partition coefficient (Wildman–Crippen LogP) is 5.20. The molecule has 0 N–H and O–H groups in total. The Hall–Kier alpha value is -2.84. The predicted molar refractivity (Wildman–Crippen MR) is 98.4 cm³/mol. The fourth-order valence-corrected chi connectivity index (χ4v) is 2.45. The number of aryl methyl sites for hydroxylation is 1. The second kappa shape index (κ2) is 8.70. The Morgan fingerprint density at radius 3 is 2.30 bits per heavy atom. The third-order valence-corrected chi connectivity index (χ3v) is 3.63. The summed E-state index contributed by atoms with van der Waals surface area (Å²) in [6.45, 7) is 2.01. The number of nitrogens with zero attached hydrogens (tertiary/aromatic N) is 2. The van der Waals surface area contributed by atoms with Crippen LogP contribution in [0.15, 0.2) is 73.1 Å². The second-order valence-electron chi connectivity index (χ2n) is 5.71. The third-order valence-electron chi connectivity index (χ3n) is 3.63. The van der Waals surface area contributed by atoms with Crippen LogP contribution in [0.3, 0.4) is 0 Å². The summed E-state index contributed by atoms with van der Waals surface area (Å²) in [5.74, 6) is 2.17. The first-order valence-corrected chi connectivity index (χ1v) is 8.17. The number of pyridine rings is 1. The van der Waals surface area contributed by atoms with Crippen molar-refractivity contribution in [1.29, 1.82) is 0 Å². The van der Waals surface area contributed by atoms with Gasteiger partial charge in [0.05, 0.1) is 0 Å². The van der Waals surface area contributed by atoms with Crippen molar-refractivity contribution in [2.75, 3.05) is 0 Å². The molecular weight excluding hydrogens is 519 g/mol. The quantitative estimate of drug-likeness (QED) is 0.331. The molecule has 0 aliphatic carbocycles. The number of aromatic nitrogens is 2. The minimum absolute atomic E-state index is 0. The molecule has 5 heteroatoms. The van der Waals surface area contributed by atoms with Gasteiger partial charge in [0.15, 0.2) is 0 Å². The Kier molecular flexibility index (Phi) is 6.10. The van der Waals surface area contributed by atoms with E-state index in [-0.39, 0.29) is 21.1 Å². The molecule has 4 nitrogen and oxygen atoms in total. The van der Waals surface area contributed by atoms with Gasteiger partial charge in [-0.2, -0.15) is 17.8 Å². The first kappa shape index (κ1) is 18.9. The van der Waals surface area contributed by atoms with Crippen LogP contribution < -0.4 is 14.5 Å². The molecule has 0 amide bonds. The van der Waals surface area contributed by atoms with Gasteiger partial charge in [0, 0.05) is 50.6 Å². The van der Waals surface area contributed by atoms with Crippen molar-refractivity contribution < 1.29 is 30.5 Å². The van der Waals surface area contributed by atoms with Crippen LogP contribution in [0.2, 0.25) is 0 Å². The normalized spacial score (nSPS) is 10.1. The largest absolute Gasteiger partial charge is 0.707 e. The van der Waals surface area contributed by atoms with Crippen molar-refractivity contribution in [3.63, 3.8) is 0 Å². The molecule has 0 saturated heterocycles. The second-order valence-corrected chi connectivity index (χ2v) is 5.71. The van der Waals surface area contributed by atoms with Crippen LogP contribution in [0.1, 0.15) is 5.56 Å². The molecule has 0 spiro atoms. The summed E-state index contributed by atoms with van der Waals surface area (Å²) in [5, 5.41) is 0. The molecule has 4 aromatic rings. The van der Waals surface area contributed by atoms with Gasteiger partial charge in [0.25, 0.3) is 0 Å². The molecule has 2 heterocycles. The molecular formula is C22H15N2O2Pt-3. The standard InChI is InChI=1S/C22H15N2O2.Pt/c1-16-12-21(24-15-16)17-6-4-7-18(13-17)25-19-8-5-9-20(14-19)26-22-10-2-3-11-23-22;/h2-12,15H,1H3;/q-3;. The molecule has 0 aliphatic heterocycles. The zero-order valence-corrected chi connectivity index (χ0v) is 16.7. The summed E-state index contributed by atoms with van der Waals surface area (Å²) in [5.41, 5.74) is 2.88. The fraction of sp³-hybridized carbons (Fsp3) is 0.0455. The minimum Gasteiger partial charge on any atom is -0.707 e. The fourth-order valence-electron chi connectivity index (χ4n) is 2.45. The summed E-state index contributed by atoms with van der Waals surface area (Å²) < 4.78 is 11.6. The van der Waals surface area contributed by atoms with Crippen LogP contribution >= 0.6 is 0 Å². The maximum absolute atomic E-state index is 5.89. The topological polar surface area (TPSA) is 45.5 Å². The van der Waals surface area contributed by atoms with Gasteiger partial charge in [-0.05, 0) is 13.0 Å². The van der Waals surface area contributed by atoms with E-state index in [1.807, 2.05) is 61.7 Å². The smallest absolute Gasteiger partial charge is 0.216 e. The summed E-state index contributed by atoms with van der Waals surface area (Å²) >= 11 is 0. The van der Waals surface area contributed by atoms with E-state index in [1.54, 1.807) is 18.3 Å². The Bertz CT molecular complexity index is 1020. The average Bonchev–Trinajstić information content (AvgIpc) is 3.10. The molecule has 0 fully saturated rings. The molecule has 138 valence electrons. The van der Waals surface area contributed by atoms with Gasteiger partial charge in [-0.3, -0.25) is 0 Å². The Morgan fingerprint density at radius 1 is 0.852 bits per heavy atom. The van der Waals surface area contributed by atoms with E-state index in [0.717, 1.165) is 16.8 Å². The molecule has 0 bridgehead atoms. The van der Waals surface area contributed by atoms with Crippen molar-refractivity contribution in [1.82, 2.24) is 9.97 Å². The van der Waals surface area contributed by atoms with Gasteiger partial charge in [-0.1, -0.05) is 23.8 Å². The van der Waals surface area contributed by atoms with Crippen molar-refractivity contribution in [2.24, 2.45) is 0 Å². The van der Waals surface area contributed by atoms with Gasteiger partial charge in [-0.25, -0.2) is 10.7 Å². The first-order valence-electron chi connectivity index (χ1n) is 8.17. The molecule has 2 aromatic heterocycles. The zero-order chi connectivity index (χ0) is 17.8. The molecule has 0 aliphatic rings.